The number of carbonyl (C=O) groups excluding carboxylic acids is 1. The SMILES string of the molecule is CN1CCc2ccc(NC(=O)[C@@H]3CCOC3)cc2CC1. The first-order valence-corrected chi connectivity index (χ1v) is 7.41. The highest BCUT2D eigenvalue weighted by atomic mass is 16.5. The number of hydrogen-bond acceptors (Lipinski definition) is 3. The third kappa shape index (κ3) is 3.02. The Hall–Kier alpha value is -1.39. The van der Waals surface area contributed by atoms with E-state index in [-0.39, 0.29) is 11.8 Å². The van der Waals surface area contributed by atoms with E-state index in [2.05, 4.69) is 29.4 Å². The highest BCUT2D eigenvalue weighted by Crippen LogP contribution is 2.21. The van der Waals surface area contributed by atoms with Crippen LogP contribution < -0.4 is 5.32 Å². The van der Waals surface area contributed by atoms with Gasteiger partial charge in [-0.2, -0.15) is 0 Å². The summed E-state index contributed by atoms with van der Waals surface area (Å²) in [4.78, 5) is 14.5. The molecule has 0 bridgehead atoms. The van der Waals surface area contributed by atoms with Gasteiger partial charge >= 0.3 is 0 Å². The highest BCUT2D eigenvalue weighted by molar-refractivity contribution is 5.92. The molecule has 1 aromatic rings. The minimum atomic E-state index is 0.0138. The molecular formula is C16H22N2O2. The van der Waals surface area contributed by atoms with Crippen molar-refractivity contribution in [2.45, 2.75) is 19.3 Å². The Morgan fingerprint density at radius 2 is 2.10 bits per heavy atom. The van der Waals surface area contributed by atoms with Gasteiger partial charge in [-0.3, -0.25) is 4.79 Å². The zero-order chi connectivity index (χ0) is 13.9. The maximum absolute atomic E-state index is 12.1. The van der Waals surface area contributed by atoms with Gasteiger partial charge in [0.1, 0.15) is 0 Å². The van der Waals surface area contributed by atoms with Crippen LogP contribution in [0.3, 0.4) is 0 Å². The third-order valence-electron chi connectivity index (χ3n) is 4.30. The summed E-state index contributed by atoms with van der Waals surface area (Å²) < 4.78 is 5.27. The number of likely N-dealkylation sites (N-methyl/N-ethyl adjacent to an activating group) is 1. The molecule has 0 unspecified atom stereocenters. The molecule has 2 heterocycles. The molecule has 1 N–H and O–H groups in total. The van der Waals surface area contributed by atoms with E-state index in [0.29, 0.717) is 13.2 Å². The number of fused-ring (bicyclic) bond motifs is 1. The van der Waals surface area contributed by atoms with Gasteiger partial charge in [-0.1, -0.05) is 6.07 Å². The minimum Gasteiger partial charge on any atom is -0.381 e. The second kappa shape index (κ2) is 5.94. The second-order valence-corrected chi connectivity index (χ2v) is 5.84. The van der Waals surface area contributed by atoms with Gasteiger partial charge in [0.2, 0.25) is 5.91 Å². The topological polar surface area (TPSA) is 41.6 Å². The first-order chi connectivity index (χ1) is 9.72. The number of nitrogens with one attached hydrogen (secondary N) is 1. The molecule has 1 saturated heterocycles. The molecule has 20 heavy (non-hydrogen) atoms. The Kier molecular flexibility index (Phi) is 4.03. The van der Waals surface area contributed by atoms with E-state index in [1.165, 1.54) is 11.1 Å². The Morgan fingerprint density at radius 1 is 1.30 bits per heavy atom. The predicted molar refractivity (Wildman–Crippen MR) is 78.9 cm³/mol. The fourth-order valence-electron chi connectivity index (χ4n) is 2.90. The van der Waals surface area contributed by atoms with Crippen LogP contribution in [0.2, 0.25) is 0 Å². The van der Waals surface area contributed by atoms with E-state index < -0.39 is 0 Å². The third-order valence-corrected chi connectivity index (χ3v) is 4.30. The van der Waals surface area contributed by atoms with Crippen molar-refractivity contribution >= 4 is 11.6 Å². The first kappa shape index (κ1) is 13.6. The van der Waals surface area contributed by atoms with E-state index in [0.717, 1.165) is 38.0 Å². The van der Waals surface area contributed by atoms with Crippen LogP contribution in [0.5, 0.6) is 0 Å². The maximum Gasteiger partial charge on any atom is 0.229 e. The monoisotopic (exact) mass is 274 g/mol. The molecule has 2 aliphatic heterocycles. The van der Waals surface area contributed by atoms with Crippen molar-refractivity contribution < 1.29 is 9.53 Å². The zero-order valence-electron chi connectivity index (χ0n) is 12.0. The molecule has 0 aliphatic carbocycles. The van der Waals surface area contributed by atoms with Gasteiger partial charge in [0.25, 0.3) is 0 Å². The lowest BCUT2D eigenvalue weighted by Crippen LogP contribution is -2.22. The van der Waals surface area contributed by atoms with Crippen molar-refractivity contribution in [1.29, 1.82) is 0 Å². The molecule has 0 spiro atoms. The molecule has 1 aromatic carbocycles. The number of amides is 1. The van der Waals surface area contributed by atoms with Crippen LogP contribution in [0.4, 0.5) is 5.69 Å². The largest absolute Gasteiger partial charge is 0.381 e. The van der Waals surface area contributed by atoms with Crippen LogP contribution in [0, 0.1) is 5.92 Å². The van der Waals surface area contributed by atoms with Crippen molar-refractivity contribution in [2.75, 3.05) is 38.7 Å². The van der Waals surface area contributed by atoms with Gasteiger partial charge in [0, 0.05) is 25.4 Å². The van der Waals surface area contributed by atoms with Crippen molar-refractivity contribution in [3.05, 3.63) is 29.3 Å². The summed E-state index contributed by atoms with van der Waals surface area (Å²) in [6, 6.07) is 6.33. The molecule has 0 radical (unpaired) electrons. The number of hydrogen-bond donors (Lipinski definition) is 1. The van der Waals surface area contributed by atoms with Crippen LogP contribution in [0.25, 0.3) is 0 Å². The van der Waals surface area contributed by atoms with Gasteiger partial charge in [0.05, 0.1) is 12.5 Å². The summed E-state index contributed by atoms with van der Waals surface area (Å²) in [5.74, 6) is 0.105. The Labute approximate surface area is 120 Å². The molecule has 1 amide bonds. The van der Waals surface area contributed by atoms with E-state index in [9.17, 15) is 4.79 Å². The van der Waals surface area contributed by atoms with Crippen LogP contribution in [0.1, 0.15) is 17.5 Å². The molecule has 2 aliphatic rings. The summed E-state index contributed by atoms with van der Waals surface area (Å²) in [5, 5.41) is 3.03. The zero-order valence-corrected chi connectivity index (χ0v) is 12.0. The van der Waals surface area contributed by atoms with Gasteiger partial charge in [-0.05, 0) is 49.6 Å². The normalized spacial score (nSPS) is 23.1. The van der Waals surface area contributed by atoms with Gasteiger partial charge < -0.3 is 15.0 Å². The molecule has 108 valence electrons. The van der Waals surface area contributed by atoms with Crippen molar-refractivity contribution in [3.63, 3.8) is 0 Å². The Balaban J connectivity index is 1.70. The minimum absolute atomic E-state index is 0.0138. The lowest BCUT2D eigenvalue weighted by molar-refractivity contribution is -0.119. The number of ether oxygens (including phenoxy) is 1. The Morgan fingerprint density at radius 3 is 2.85 bits per heavy atom. The second-order valence-electron chi connectivity index (χ2n) is 5.84. The molecule has 0 saturated carbocycles. The smallest absolute Gasteiger partial charge is 0.229 e. The average Bonchev–Trinajstić information content (AvgIpc) is 2.92. The van der Waals surface area contributed by atoms with Gasteiger partial charge in [-0.25, -0.2) is 0 Å². The van der Waals surface area contributed by atoms with E-state index in [4.69, 9.17) is 4.74 Å². The molecule has 4 nitrogen and oxygen atoms in total. The molecule has 3 rings (SSSR count). The van der Waals surface area contributed by atoms with Crippen molar-refractivity contribution in [3.8, 4) is 0 Å². The van der Waals surface area contributed by atoms with Crippen molar-refractivity contribution in [2.24, 2.45) is 5.92 Å². The lowest BCUT2D eigenvalue weighted by Gasteiger charge is -2.12. The predicted octanol–water partition coefficient (Wildman–Crippen LogP) is 1.69. The number of benzene rings is 1. The number of anilines is 1. The van der Waals surface area contributed by atoms with Gasteiger partial charge in [-0.15, -0.1) is 0 Å². The fraction of sp³-hybridized carbons (Fsp3) is 0.562. The van der Waals surface area contributed by atoms with E-state index in [1.54, 1.807) is 0 Å². The lowest BCUT2D eigenvalue weighted by atomic mass is 10.0. The van der Waals surface area contributed by atoms with E-state index in [1.807, 2.05) is 6.07 Å². The average molecular weight is 274 g/mol. The van der Waals surface area contributed by atoms with Crippen LogP contribution in [-0.2, 0) is 22.4 Å². The standard InChI is InChI=1S/C16H22N2O2/c1-18-7-4-12-2-3-15(10-13(12)5-8-18)17-16(19)14-6-9-20-11-14/h2-3,10,14H,4-9,11H2,1H3,(H,17,19)/t14-/m1/s1. The summed E-state index contributed by atoms with van der Waals surface area (Å²) in [7, 11) is 2.16. The maximum atomic E-state index is 12.1. The van der Waals surface area contributed by atoms with Gasteiger partial charge in [0.15, 0.2) is 0 Å². The first-order valence-electron chi connectivity index (χ1n) is 7.41. The summed E-state index contributed by atoms with van der Waals surface area (Å²) in [5.41, 5.74) is 3.71. The summed E-state index contributed by atoms with van der Waals surface area (Å²) >= 11 is 0. The van der Waals surface area contributed by atoms with Crippen LogP contribution in [-0.4, -0.2) is 44.2 Å². The van der Waals surface area contributed by atoms with Crippen molar-refractivity contribution in [1.82, 2.24) is 4.90 Å². The highest BCUT2D eigenvalue weighted by Gasteiger charge is 2.23. The van der Waals surface area contributed by atoms with Crippen LogP contribution >= 0.6 is 0 Å². The number of carbonyl (C=O) groups is 1. The molecule has 1 fully saturated rings. The quantitative estimate of drug-likeness (QED) is 0.892. The number of rotatable bonds is 2. The molecular weight excluding hydrogens is 252 g/mol. The molecule has 1 atom stereocenters. The molecule has 0 aromatic heterocycles. The van der Waals surface area contributed by atoms with E-state index >= 15 is 0 Å². The van der Waals surface area contributed by atoms with Crippen LogP contribution in [0.15, 0.2) is 18.2 Å². The summed E-state index contributed by atoms with van der Waals surface area (Å²) in [6.45, 7) is 3.45. The molecule has 4 heteroatoms. The number of nitrogens with zero attached hydrogens (tertiary/aromatic N) is 1. The fourth-order valence-corrected chi connectivity index (χ4v) is 2.90. The Bertz CT molecular complexity index is 495. The summed E-state index contributed by atoms with van der Waals surface area (Å²) in [6.07, 6.45) is 2.99.